The normalized spacial score (nSPS) is 19.3. The first-order valence-corrected chi connectivity index (χ1v) is 6.65. The molecule has 1 aromatic carbocycles. The van der Waals surface area contributed by atoms with Crippen molar-refractivity contribution >= 4 is 51.9 Å². The number of aromatic nitrogens is 2. The second-order valence-corrected chi connectivity index (χ2v) is 5.13. The van der Waals surface area contributed by atoms with Crippen LogP contribution < -0.4 is 4.90 Å². The van der Waals surface area contributed by atoms with Crippen LogP contribution in [0.1, 0.15) is 6.42 Å². The molecule has 1 amide bonds. The molecule has 1 N–H and O–H groups in total. The molecule has 1 atom stereocenters. The van der Waals surface area contributed by atoms with Gasteiger partial charge in [-0.2, -0.15) is 8.75 Å². The zero-order chi connectivity index (χ0) is 13.6. The molecule has 0 bridgehead atoms. The number of carboxylic acid groups (broad SMARTS) is 1. The lowest BCUT2D eigenvalue weighted by atomic mass is 10.1. The van der Waals surface area contributed by atoms with Crippen molar-refractivity contribution in [2.75, 3.05) is 11.4 Å². The summed E-state index contributed by atoms with van der Waals surface area (Å²) in [5, 5.41) is 9.36. The van der Waals surface area contributed by atoms with Crippen LogP contribution in [-0.2, 0) is 9.59 Å². The molecule has 3 rings (SSSR count). The van der Waals surface area contributed by atoms with Gasteiger partial charge in [0.15, 0.2) is 0 Å². The summed E-state index contributed by atoms with van der Waals surface area (Å²) in [6, 6.07) is 3.36. The van der Waals surface area contributed by atoms with Crippen molar-refractivity contribution in [1.82, 2.24) is 8.75 Å². The number of halogens is 1. The third kappa shape index (κ3) is 1.85. The van der Waals surface area contributed by atoms with Crippen LogP contribution in [-0.4, -0.2) is 32.3 Å². The molecule has 1 aliphatic rings. The monoisotopic (exact) mass is 297 g/mol. The standard InChI is InChI=1S/C11H8ClN3O3S/c12-6-1-2-7-8(14-19-13-7)9(6)15-4-3-5(10(15)16)11(17)18/h1-2,5H,3-4H2,(H,17,18). The van der Waals surface area contributed by atoms with Crippen molar-refractivity contribution in [3.05, 3.63) is 17.2 Å². The van der Waals surface area contributed by atoms with Crippen LogP contribution >= 0.6 is 23.3 Å². The highest BCUT2D eigenvalue weighted by Crippen LogP contribution is 2.36. The molecule has 98 valence electrons. The Balaban J connectivity index is 2.10. The van der Waals surface area contributed by atoms with E-state index in [-0.39, 0.29) is 6.42 Å². The predicted octanol–water partition coefficient (Wildman–Crippen LogP) is 1.78. The van der Waals surface area contributed by atoms with Gasteiger partial charge in [0.25, 0.3) is 0 Å². The fraction of sp³-hybridized carbons (Fsp3) is 0.273. The van der Waals surface area contributed by atoms with Crippen LogP contribution in [0, 0.1) is 5.92 Å². The number of benzene rings is 1. The fourth-order valence-corrected chi connectivity index (χ4v) is 2.99. The van der Waals surface area contributed by atoms with Crippen LogP contribution in [0.15, 0.2) is 12.1 Å². The van der Waals surface area contributed by atoms with E-state index in [2.05, 4.69) is 8.75 Å². The number of amides is 1. The lowest BCUT2D eigenvalue weighted by Crippen LogP contribution is -2.30. The lowest BCUT2D eigenvalue weighted by molar-refractivity contribution is -0.144. The van der Waals surface area contributed by atoms with Gasteiger partial charge >= 0.3 is 5.97 Å². The zero-order valence-electron chi connectivity index (χ0n) is 9.54. The summed E-state index contributed by atoms with van der Waals surface area (Å²) in [5.74, 6) is -2.56. The van der Waals surface area contributed by atoms with Gasteiger partial charge in [-0.25, -0.2) is 0 Å². The first-order valence-electron chi connectivity index (χ1n) is 5.54. The molecule has 0 spiro atoms. The van der Waals surface area contributed by atoms with E-state index in [9.17, 15) is 9.59 Å². The Morgan fingerprint density at radius 1 is 1.47 bits per heavy atom. The number of aliphatic carboxylic acids is 1. The number of anilines is 1. The highest BCUT2D eigenvalue weighted by molar-refractivity contribution is 7.00. The third-order valence-corrected chi connectivity index (χ3v) is 3.97. The van der Waals surface area contributed by atoms with Crippen molar-refractivity contribution in [3.63, 3.8) is 0 Å². The highest BCUT2D eigenvalue weighted by Gasteiger charge is 2.39. The van der Waals surface area contributed by atoms with E-state index in [1.54, 1.807) is 12.1 Å². The molecule has 0 saturated carbocycles. The molecular weight excluding hydrogens is 290 g/mol. The van der Waals surface area contributed by atoms with Gasteiger partial charge in [0, 0.05) is 6.54 Å². The molecule has 1 aromatic heterocycles. The first kappa shape index (κ1) is 12.3. The molecular formula is C11H8ClN3O3S. The maximum Gasteiger partial charge on any atom is 0.316 e. The Labute approximate surface area is 116 Å². The molecule has 8 heteroatoms. The quantitative estimate of drug-likeness (QED) is 0.854. The maximum atomic E-state index is 12.1. The van der Waals surface area contributed by atoms with Gasteiger partial charge in [0.05, 0.1) is 22.4 Å². The molecule has 6 nitrogen and oxygen atoms in total. The van der Waals surface area contributed by atoms with E-state index in [0.717, 1.165) is 11.7 Å². The topological polar surface area (TPSA) is 83.4 Å². The van der Waals surface area contributed by atoms with Crippen molar-refractivity contribution < 1.29 is 14.7 Å². The summed E-state index contributed by atoms with van der Waals surface area (Å²) in [4.78, 5) is 24.5. The third-order valence-electron chi connectivity index (χ3n) is 3.13. The van der Waals surface area contributed by atoms with Crippen molar-refractivity contribution in [3.8, 4) is 0 Å². The number of rotatable bonds is 2. The summed E-state index contributed by atoms with van der Waals surface area (Å²) in [5.41, 5.74) is 1.65. The molecule has 19 heavy (non-hydrogen) atoms. The minimum atomic E-state index is -1.10. The van der Waals surface area contributed by atoms with E-state index >= 15 is 0 Å². The number of carbonyl (C=O) groups is 2. The van der Waals surface area contributed by atoms with Gasteiger partial charge in [-0.15, -0.1) is 0 Å². The van der Waals surface area contributed by atoms with Gasteiger partial charge in [-0.3, -0.25) is 9.59 Å². The second kappa shape index (κ2) is 4.43. The van der Waals surface area contributed by atoms with Crippen LogP contribution in [0.5, 0.6) is 0 Å². The maximum absolute atomic E-state index is 12.1. The van der Waals surface area contributed by atoms with Crippen LogP contribution in [0.4, 0.5) is 5.69 Å². The molecule has 2 heterocycles. The summed E-state index contributed by atoms with van der Waals surface area (Å²) in [7, 11) is 0. The van der Waals surface area contributed by atoms with Gasteiger partial charge < -0.3 is 10.0 Å². The molecule has 0 radical (unpaired) electrons. The summed E-state index contributed by atoms with van der Waals surface area (Å²) in [6.45, 7) is 0.326. The van der Waals surface area contributed by atoms with Crippen molar-refractivity contribution in [2.24, 2.45) is 5.92 Å². The summed E-state index contributed by atoms with van der Waals surface area (Å²) in [6.07, 6.45) is 0.276. The molecule has 0 aliphatic carbocycles. The number of hydrogen-bond acceptors (Lipinski definition) is 5. The zero-order valence-corrected chi connectivity index (χ0v) is 11.1. The number of carbonyl (C=O) groups excluding carboxylic acids is 1. The Bertz CT molecular complexity index is 687. The molecule has 1 aliphatic heterocycles. The van der Waals surface area contributed by atoms with Crippen LogP contribution in [0.3, 0.4) is 0 Å². The molecule has 1 unspecified atom stereocenters. The number of fused-ring (bicyclic) bond motifs is 1. The molecule has 1 saturated heterocycles. The highest BCUT2D eigenvalue weighted by atomic mass is 35.5. The minimum absolute atomic E-state index is 0.276. The average Bonchev–Trinajstić information content (AvgIpc) is 2.96. The van der Waals surface area contributed by atoms with E-state index in [1.807, 2.05) is 0 Å². The molecule has 2 aromatic rings. The van der Waals surface area contributed by atoms with E-state index in [1.165, 1.54) is 4.90 Å². The summed E-state index contributed by atoms with van der Waals surface area (Å²) < 4.78 is 8.22. The van der Waals surface area contributed by atoms with Crippen molar-refractivity contribution in [1.29, 1.82) is 0 Å². The van der Waals surface area contributed by atoms with Gasteiger partial charge in [-0.1, -0.05) is 11.6 Å². The largest absolute Gasteiger partial charge is 0.481 e. The Morgan fingerprint density at radius 2 is 2.26 bits per heavy atom. The Hall–Kier alpha value is -1.73. The minimum Gasteiger partial charge on any atom is -0.481 e. The SMILES string of the molecule is O=C(O)C1CCN(c2c(Cl)ccc3nsnc23)C1=O. The second-order valence-electron chi connectivity index (χ2n) is 4.20. The van der Waals surface area contributed by atoms with Crippen LogP contribution in [0.2, 0.25) is 5.02 Å². The van der Waals surface area contributed by atoms with Crippen molar-refractivity contribution in [2.45, 2.75) is 6.42 Å². The number of hydrogen-bond donors (Lipinski definition) is 1. The average molecular weight is 298 g/mol. The van der Waals surface area contributed by atoms with E-state index in [4.69, 9.17) is 16.7 Å². The number of carboxylic acids is 1. The predicted molar refractivity (Wildman–Crippen MR) is 70.5 cm³/mol. The summed E-state index contributed by atoms with van der Waals surface area (Å²) >= 11 is 7.16. The van der Waals surface area contributed by atoms with Gasteiger partial charge in [0.1, 0.15) is 17.0 Å². The van der Waals surface area contributed by atoms with E-state index < -0.39 is 17.8 Å². The smallest absolute Gasteiger partial charge is 0.316 e. The molecule has 1 fully saturated rings. The van der Waals surface area contributed by atoms with Gasteiger partial charge in [0.2, 0.25) is 5.91 Å². The first-order chi connectivity index (χ1) is 9.09. The number of nitrogens with zero attached hydrogens (tertiary/aromatic N) is 3. The Morgan fingerprint density at radius 3 is 2.95 bits per heavy atom. The Kier molecular flexibility index (Phi) is 2.87. The van der Waals surface area contributed by atoms with Crippen LogP contribution in [0.25, 0.3) is 11.0 Å². The lowest BCUT2D eigenvalue weighted by Gasteiger charge is -2.17. The van der Waals surface area contributed by atoms with Gasteiger partial charge in [-0.05, 0) is 18.6 Å². The fourth-order valence-electron chi connectivity index (χ4n) is 2.20. The van der Waals surface area contributed by atoms with E-state index in [0.29, 0.717) is 28.3 Å².